The van der Waals surface area contributed by atoms with Gasteiger partial charge in [0.25, 0.3) is 0 Å². The second-order valence-electron chi connectivity index (χ2n) is 6.54. The summed E-state index contributed by atoms with van der Waals surface area (Å²) in [4.78, 5) is 41.8. The minimum atomic E-state index is -0.783. The fraction of sp³-hybridized carbons (Fsp3) is 0.471. The average Bonchev–Trinajstić information content (AvgIpc) is 2.61. The van der Waals surface area contributed by atoms with Crippen LogP contribution < -0.4 is 10.9 Å². The number of likely N-dealkylation sites (tertiary alicyclic amines) is 1. The molecule has 0 bridgehead atoms. The molecule has 1 fully saturated rings. The van der Waals surface area contributed by atoms with Gasteiger partial charge < -0.3 is 10.2 Å². The lowest BCUT2D eigenvalue weighted by Gasteiger charge is -2.35. The van der Waals surface area contributed by atoms with Crippen LogP contribution in [0.4, 0.5) is 11.5 Å². The van der Waals surface area contributed by atoms with Crippen LogP contribution >= 0.6 is 0 Å². The summed E-state index contributed by atoms with van der Waals surface area (Å²) in [5, 5.41) is 14.2. The Morgan fingerprint density at radius 3 is 2.88 bits per heavy atom. The first-order valence-electron chi connectivity index (χ1n) is 8.63. The van der Waals surface area contributed by atoms with E-state index in [1.807, 2.05) is 6.92 Å². The van der Waals surface area contributed by atoms with Gasteiger partial charge in [-0.3, -0.25) is 24.1 Å². The van der Waals surface area contributed by atoms with Gasteiger partial charge in [0.05, 0.1) is 4.92 Å². The first-order valence-corrected chi connectivity index (χ1v) is 8.63. The highest BCUT2D eigenvalue weighted by Crippen LogP contribution is 2.21. The number of aromatic nitrogens is 2. The van der Waals surface area contributed by atoms with Crippen LogP contribution in [-0.2, 0) is 4.79 Å². The standard InChI is InChI=1S/C17H21N5O4/c1-11-7-3-5-9-20(11)16(23)12(2)18-15-14(22(25)26)17(24)21-10-6-4-8-13(21)19-15/h4,6,8,10-12,18H,3,5,7,9H2,1-2H3. The van der Waals surface area contributed by atoms with Gasteiger partial charge in [-0.05, 0) is 45.2 Å². The molecule has 2 unspecified atom stereocenters. The molecule has 0 aromatic carbocycles. The van der Waals surface area contributed by atoms with Gasteiger partial charge in [0.1, 0.15) is 11.7 Å². The van der Waals surface area contributed by atoms with Gasteiger partial charge in [-0.1, -0.05) is 6.07 Å². The van der Waals surface area contributed by atoms with Gasteiger partial charge >= 0.3 is 11.2 Å². The molecule has 26 heavy (non-hydrogen) atoms. The second kappa shape index (κ2) is 7.11. The lowest BCUT2D eigenvalue weighted by molar-refractivity contribution is -0.385. The SMILES string of the molecule is CC(Nc1nc2ccccn2c(=O)c1[N+](=O)[O-])C(=O)N1CCCCC1C. The van der Waals surface area contributed by atoms with Crippen molar-refractivity contribution in [3.63, 3.8) is 0 Å². The second-order valence-corrected chi connectivity index (χ2v) is 6.54. The third-order valence-electron chi connectivity index (χ3n) is 4.70. The first kappa shape index (κ1) is 17.8. The Bertz CT molecular complexity index is 910. The van der Waals surface area contributed by atoms with Crippen LogP contribution in [0.2, 0.25) is 0 Å². The maximum Gasteiger partial charge on any atom is 0.376 e. The van der Waals surface area contributed by atoms with Crippen LogP contribution in [0.5, 0.6) is 0 Å². The van der Waals surface area contributed by atoms with E-state index in [1.165, 1.54) is 6.20 Å². The van der Waals surface area contributed by atoms with Crippen LogP contribution in [0, 0.1) is 10.1 Å². The average molecular weight is 359 g/mol. The predicted octanol–water partition coefficient (Wildman–Crippen LogP) is 1.80. The topological polar surface area (TPSA) is 110 Å². The van der Waals surface area contributed by atoms with E-state index in [4.69, 9.17) is 0 Å². The Kier molecular flexibility index (Phi) is 4.88. The predicted molar refractivity (Wildman–Crippen MR) is 96.2 cm³/mol. The maximum absolute atomic E-state index is 12.7. The molecule has 138 valence electrons. The molecule has 9 nitrogen and oxygen atoms in total. The lowest BCUT2D eigenvalue weighted by Crippen LogP contribution is -2.48. The zero-order valence-electron chi connectivity index (χ0n) is 14.7. The van der Waals surface area contributed by atoms with Crippen molar-refractivity contribution in [2.45, 2.75) is 45.2 Å². The molecular formula is C17H21N5O4. The number of hydrogen-bond donors (Lipinski definition) is 1. The summed E-state index contributed by atoms with van der Waals surface area (Å²) < 4.78 is 1.11. The number of nitrogens with zero attached hydrogens (tertiary/aromatic N) is 4. The molecule has 0 spiro atoms. The molecule has 0 saturated carbocycles. The number of nitro groups is 1. The van der Waals surface area contributed by atoms with Gasteiger partial charge in [0.2, 0.25) is 11.7 Å². The van der Waals surface area contributed by atoms with Gasteiger partial charge in [-0.15, -0.1) is 0 Å². The minimum Gasteiger partial charge on any atom is -0.353 e. The molecular weight excluding hydrogens is 338 g/mol. The molecule has 1 aliphatic heterocycles. The number of rotatable bonds is 4. The number of piperidine rings is 1. The van der Waals surface area contributed by atoms with E-state index in [2.05, 4.69) is 10.3 Å². The normalized spacial score (nSPS) is 18.5. The molecule has 1 saturated heterocycles. The molecule has 0 aliphatic carbocycles. The van der Waals surface area contributed by atoms with Crippen molar-refractivity contribution >= 4 is 23.1 Å². The highest BCUT2D eigenvalue weighted by atomic mass is 16.6. The Hall–Kier alpha value is -2.97. The molecule has 3 rings (SSSR count). The number of anilines is 1. The van der Waals surface area contributed by atoms with Crippen molar-refractivity contribution in [3.05, 3.63) is 44.9 Å². The largest absolute Gasteiger partial charge is 0.376 e. The summed E-state index contributed by atoms with van der Waals surface area (Å²) in [7, 11) is 0. The highest BCUT2D eigenvalue weighted by Gasteiger charge is 2.30. The molecule has 1 aliphatic rings. The zero-order valence-corrected chi connectivity index (χ0v) is 14.7. The molecule has 1 N–H and O–H groups in total. The monoisotopic (exact) mass is 359 g/mol. The van der Waals surface area contributed by atoms with E-state index in [9.17, 15) is 19.7 Å². The number of carbonyl (C=O) groups excluding carboxylic acids is 1. The molecule has 3 heterocycles. The lowest BCUT2D eigenvalue weighted by atomic mass is 10.0. The minimum absolute atomic E-state index is 0.130. The van der Waals surface area contributed by atoms with E-state index in [0.29, 0.717) is 6.54 Å². The summed E-state index contributed by atoms with van der Waals surface area (Å²) >= 11 is 0. The smallest absolute Gasteiger partial charge is 0.353 e. The van der Waals surface area contributed by atoms with Crippen LogP contribution in [0.25, 0.3) is 5.65 Å². The Morgan fingerprint density at radius 2 is 2.19 bits per heavy atom. The Morgan fingerprint density at radius 1 is 1.42 bits per heavy atom. The molecule has 2 atom stereocenters. The van der Waals surface area contributed by atoms with E-state index in [-0.39, 0.29) is 23.4 Å². The number of nitrogens with one attached hydrogen (secondary N) is 1. The third kappa shape index (κ3) is 3.24. The third-order valence-corrected chi connectivity index (χ3v) is 4.70. The molecule has 1 amide bonds. The Labute approximate surface area is 149 Å². The van der Waals surface area contributed by atoms with E-state index in [1.54, 1.807) is 30.0 Å². The van der Waals surface area contributed by atoms with Crippen molar-refractivity contribution in [3.8, 4) is 0 Å². The van der Waals surface area contributed by atoms with Gasteiger partial charge in [0, 0.05) is 18.8 Å². The summed E-state index contributed by atoms with van der Waals surface area (Å²) in [6.07, 6.45) is 4.39. The fourth-order valence-electron chi connectivity index (χ4n) is 3.29. The summed E-state index contributed by atoms with van der Waals surface area (Å²) in [5.74, 6) is -0.335. The summed E-state index contributed by atoms with van der Waals surface area (Å²) in [6.45, 7) is 4.29. The number of pyridine rings is 1. The van der Waals surface area contributed by atoms with Gasteiger partial charge in [-0.25, -0.2) is 4.98 Å². The molecule has 2 aromatic heterocycles. The summed E-state index contributed by atoms with van der Waals surface area (Å²) in [6, 6.07) is 4.26. The van der Waals surface area contributed by atoms with Gasteiger partial charge in [-0.2, -0.15) is 0 Å². The quantitative estimate of drug-likeness (QED) is 0.658. The van der Waals surface area contributed by atoms with Crippen molar-refractivity contribution in [1.82, 2.24) is 14.3 Å². The highest BCUT2D eigenvalue weighted by molar-refractivity contribution is 5.85. The van der Waals surface area contributed by atoms with Crippen molar-refractivity contribution < 1.29 is 9.72 Å². The number of carbonyl (C=O) groups is 1. The van der Waals surface area contributed by atoms with E-state index >= 15 is 0 Å². The van der Waals surface area contributed by atoms with E-state index in [0.717, 1.165) is 23.7 Å². The van der Waals surface area contributed by atoms with Gasteiger partial charge in [0.15, 0.2) is 0 Å². The van der Waals surface area contributed by atoms with Crippen molar-refractivity contribution in [2.24, 2.45) is 0 Å². The fourth-order valence-corrected chi connectivity index (χ4v) is 3.29. The first-order chi connectivity index (χ1) is 12.4. The molecule has 2 aromatic rings. The zero-order chi connectivity index (χ0) is 18.8. The number of hydrogen-bond acceptors (Lipinski definition) is 6. The van der Waals surface area contributed by atoms with E-state index < -0.39 is 22.2 Å². The van der Waals surface area contributed by atoms with Crippen LogP contribution in [-0.4, -0.2) is 43.7 Å². The Balaban J connectivity index is 1.94. The number of fused-ring (bicyclic) bond motifs is 1. The number of amides is 1. The molecule has 0 radical (unpaired) electrons. The van der Waals surface area contributed by atoms with Crippen molar-refractivity contribution in [2.75, 3.05) is 11.9 Å². The van der Waals surface area contributed by atoms with Crippen LogP contribution in [0.3, 0.4) is 0 Å². The summed E-state index contributed by atoms with van der Waals surface area (Å²) in [5.41, 5.74) is -1.18. The van der Waals surface area contributed by atoms with Crippen LogP contribution in [0.1, 0.15) is 33.1 Å². The molecule has 9 heteroatoms. The van der Waals surface area contributed by atoms with Crippen molar-refractivity contribution in [1.29, 1.82) is 0 Å². The maximum atomic E-state index is 12.7. The van der Waals surface area contributed by atoms with Crippen LogP contribution in [0.15, 0.2) is 29.2 Å².